The Labute approximate surface area is 179 Å². The van der Waals surface area contributed by atoms with E-state index in [1.54, 1.807) is 24.4 Å². The van der Waals surface area contributed by atoms with Crippen molar-refractivity contribution in [1.82, 2.24) is 13.9 Å². The fourth-order valence-corrected chi connectivity index (χ4v) is 5.77. The first kappa shape index (κ1) is 21.3. The average molecular weight is 445 g/mol. The molecule has 0 unspecified atom stereocenters. The van der Waals surface area contributed by atoms with Gasteiger partial charge in [-0.05, 0) is 42.5 Å². The quantitative estimate of drug-likeness (QED) is 0.646. The monoisotopic (exact) mass is 444 g/mol. The second kappa shape index (κ2) is 8.27. The van der Waals surface area contributed by atoms with Crippen molar-refractivity contribution in [2.45, 2.75) is 31.7 Å². The van der Waals surface area contributed by atoms with E-state index >= 15 is 0 Å². The highest BCUT2D eigenvalue weighted by molar-refractivity contribution is 7.89. The highest BCUT2D eigenvalue weighted by atomic mass is 32.2. The van der Waals surface area contributed by atoms with Crippen molar-refractivity contribution < 1.29 is 17.6 Å². The zero-order chi connectivity index (χ0) is 22.2. The van der Waals surface area contributed by atoms with Gasteiger partial charge < -0.3 is 9.73 Å². The number of hydrogen-bond acceptors (Lipinski definition) is 6. The largest absolute Gasteiger partial charge is 0.420 e. The van der Waals surface area contributed by atoms with Gasteiger partial charge in [0, 0.05) is 25.4 Å². The molecular weight excluding hydrogens is 420 g/mol. The number of carbonyl (C=O) groups excluding carboxylic acids is 1. The molecule has 0 saturated carbocycles. The van der Waals surface area contributed by atoms with Crippen LogP contribution in [0.25, 0.3) is 11.1 Å². The summed E-state index contributed by atoms with van der Waals surface area (Å²) in [6, 6.07) is 9.38. The van der Waals surface area contributed by atoms with Crippen LogP contribution in [0.1, 0.15) is 20.3 Å². The molecular formula is C21H24N4O5S. The zero-order valence-electron chi connectivity index (χ0n) is 17.3. The number of amides is 1. The Morgan fingerprint density at radius 2 is 1.94 bits per heavy atom. The molecule has 1 N–H and O–H groups in total. The van der Waals surface area contributed by atoms with E-state index in [-0.39, 0.29) is 28.9 Å². The van der Waals surface area contributed by atoms with Crippen molar-refractivity contribution in [2.24, 2.45) is 11.8 Å². The normalized spacial score (nSPS) is 20.1. The molecule has 4 rings (SSSR count). The van der Waals surface area contributed by atoms with E-state index in [0.717, 1.165) is 11.0 Å². The summed E-state index contributed by atoms with van der Waals surface area (Å²) in [4.78, 5) is 28.7. The van der Waals surface area contributed by atoms with Crippen LogP contribution >= 0.6 is 0 Å². The second-order valence-corrected chi connectivity index (χ2v) is 10.1. The molecule has 0 radical (unpaired) electrons. The van der Waals surface area contributed by atoms with Crippen molar-refractivity contribution >= 4 is 32.8 Å². The van der Waals surface area contributed by atoms with E-state index in [1.807, 2.05) is 13.8 Å². The molecule has 1 aromatic carbocycles. The summed E-state index contributed by atoms with van der Waals surface area (Å²) >= 11 is 0. The molecule has 3 heterocycles. The van der Waals surface area contributed by atoms with Gasteiger partial charge >= 0.3 is 5.76 Å². The minimum atomic E-state index is -3.71. The summed E-state index contributed by atoms with van der Waals surface area (Å²) < 4.78 is 34.1. The standard InChI is InChI=1S/C21H24N4O5S/c1-14-9-15(2)12-24(11-14)31(28,29)16-6-7-17-18(10-16)30-21(27)25(17)13-20(26)23-19-5-3-4-8-22-19/h3-8,10,14-15H,9,11-13H2,1-2H3,(H,22,23,26)/t14-,15+. The highest BCUT2D eigenvalue weighted by Crippen LogP contribution is 2.28. The summed E-state index contributed by atoms with van der Waals surface area (Å²) in [5.41, 5.74) is 0.468. The van der Waals surface area contributed by atoms with Crippen molar-refractivity contribution in [3.8, 4) is 0 Å². The fraction of sp³-hybridized carbons (Fsp3) is 0.381. The third-order valence-electron chi connectivity index (χ3n) is 5.35. The van der Waals surface area contributed by atoms with Gasteiger partial charge in [0.2, 0.25) is 15.9 Å². The number of aromatic nitrogens is 2. The molecule has 2 atom stereocenters. The van der Waals surface area contributed by atoms with Gasteiger partial charge in [-0.25, -0.2) is 18.2 Å². The van der Waals surface area contributed by atoms with E-state index < -0.39 is 21.7 Å². The fourth-order valence-electron chi connectivity index (χ4n) is 4.07. The maximum atomic E-state index is 13.1. The molecule has 3 aromatic rings. The number of anilines is 1. The van der Waals surface area contributed by atoms with Gasteiger partial charge in [0.25, 0.3) is 0 Å². The molecule has 2 aromatic heterocycles. The first-order valence-corrected chi connectivity index (χ1v) is 11.5. The summed E-state index contributed by atoms with van der Waals surface area (Å²) in [5.74, 6) is -0.262. The van der Waals surface area contributed by atoms with Gasteiger partial charge in [-0.15, -0.1) is 0 Å². The third-order valence-corrected chi connectivity index (χ3v) is 7.17. The van der Waals surface area contributed by atoms with E-state index in [4.69, 9.17) is 4.42 Å². The van der Waals surface area contributed by atoms with Crippen LogP contribution in [0.2, 0.25) is 0 Å². The number of benzene rings is 1. The van der Waals surface area contributed by atoms with E-state index in [2.05, 4.69) is 10.3 Å². The van der Waals surface area contributed by atoms with Gasteiger partial charge in [-0.2, -0.15) is 4.31 Å². The topological polar surface area (TPSA) is 115 Å². The molecule has 1 aliphatic rings. The lowest BCUT2D eigenvalue weighted by Crippen LogP contribution is -2.42. The number of carbonyl (C=O) groups is 1. The number of piperidine rings is 1. The summed E-state index contributed by atoms with van der Waals surface area (Å²) in [6.45, 7) is 4.72. The summed E-state index contributed by atoms with van der Waals surface area (Å²) in [7, 11) is -3.71. The van der Waals surface area contributed by atoms with Crippen LogP contribution in [0, 0.1) is 11.8 Å². The number of fused-ring (bicyclic) bond motifs is 1. The lowest BCUT2D eigenvalue weighted by molar-refractivity contribution is -0.116. The van der Waals surface area contributed by atoms with Gasteiger partial charge in [-0.3, -0.25) is 9.36 Å². The average Bonchev–Trinajstić information content (AvgIpc) is 3.02. The lowest BCUT2D eigenvalue weighted by Gasteiger charge is -2.34. The Morgan fingerprint density at radius 1 is 1.19 bits per heavy atom. The Balaban J connectivity index is 1.60. The Bertz CT molecular complexity index is 1260. The van der Waals surface area contributed by atoms with Crippen LogP contribution in [-0.4, -0.2) is 41.3 Å². The molecule has 0 spiro atoms. The van der Waals surface area contributed by atoms with Crippen molar-refractivity contribution in [2.75, 3.05) is 18.4 Å². The van der Waals surface area contributed by atoms with Gasteiger partial charge in [-0.1, -0.05) is 19.9 Å². The lowest BCUT2D eigenvalue weighted by atomic mass is 9.94. The van der Waals surface area contributed by atoms with Crippen LogP contribution in [0.4, 0.5) is 5.82 Å². The molecule has 0 bridgehead atoms. The summed E-state index contributed by atoms with van der Waals surface area (Å²) in [6.07, 6.45) is 2.53. The van der Waals surface area contributed by atoms with E-state index in [9.17, 15) is 18.0 Å². The van der Waals surface area contributed by atoms with E-state index in [1.165, 1.54) is 22.5 Å². The maximum absolute atomic E-state index is 13.1. The smallest absolute Gasteiger partial charge is 0.408 e. The molecule has 31 heavy (non-hydrogen) atoms. The van der Waals surface area contributed by atoms with Crippen molar-refractivity contribution in [1.29, 1.82) is 0 Å². The minimum Gasteiger partial charge on any atom is -0.408 e. The molecule has 9 nitrogen and oxygen atoms in total. The minimum absolute atomic E-state index is 0.0696. The molecule has 1 saturated heterocycles. The number of nitrogens with one attached hydrogen (secondary N) is 1. The molecule has 1 aliphatic heterocycles. The number of hydrogen-bond donors (Lipinski definition) is 1. The van der Waals surface area contributed by atoms with Gasteiger partial charge in [0.05, 0.1) is 10.4 Å². The zero-order valence-corrected chi connectivity index (χ0v) is 18.1. The molecule has 1 amide bonds. The number of nitrogens with zero attached hydrogens (tertiary/aromatic N) is 3. The second-order valence-electron chi connectivity index (χ2n) is 8.11. The van der Waals surface area contributed by atoms with Gasteiger partial charge in [0.15, 0.2) is 5.58 Å². The van der Waals surface area contributed by atoms with Crippen LogP contribution < -0.4 is 11.1 Å². The first-order chi connectivity index (χ1) is 14.7. The van der Waals surface area contributed by atoms with Gasteiger partial charge in [0.1, 0.15) is 12.4 Å². The third kappa shape index (κ3) is 4.40. The Morgan fingerprint density at radius 3 is 2.61 bits per heavy atom. The maximum Gasteiger partial charge on any atom is 0.420 e. The van der Waals surface area contributed by atoms with Crippen LogP contribution in [-0.2, 0) is 21.4 Å². The van der Waals surface area contributed by atoms with Crippen molar-refractivity contribution in [3.05, 3.63) is 53.1 Å². The van der Waals surface area contributed by atoms with Crippen molar-refractivity contribution in [3.63, 3.8) is 0 Å². The highest BCUT2D eigenvalue weighted by Gasteiger charge is 2.32. The van der Waals surface area contributed by atoms with E-state index in [0.29, 0.717) is 24.4 Å². The number of oxazole rings is 1. The molecule has 164 valence electrons. The number of rotatable bonds is 5. The number of pyridine rings is 1. The summed E-state index contributed by atoms with van der Waals surface area (Å²) in [5, 5.41) is 2.60. The van der Waals surface area contributed by atoms with Crippen LogP contribution in [0.3, 0.4) is 0 Å². The number of sulfonamides is 1. The Kier molecular flexibility index (Phi) is 5.67. The predicted octanol–water partition coefficient (Wildman–Crippen LogP) is 2.29. The SMILES string of the molecule is C[C@@H]1C[C@H](C)CN(S(=O)(=O)c2ccc3c(c2)oc(=O)n3CC(=O)Nc2ccccn2)C1. The van der Waals surface area contributed by atoms with Crippen LogP contribution in [0.5, 0.6) is 0 Å². The predicted molar refractivity (Wildman–Crippen MR) is 115 cm³/mol. The molecule has 0 aliphatic carbocycles. The first-order valence-electron chi connectivity index (χ1n) is 10.1. The Hall–Kier alpha value is -2.98. The van der Waals surface area contributed by atoms with Crippen LogP contribution in [0.15, 0.2) is 56.7 Å². The molecule has 1 fully saturated rings. The molecule has 10 heteroatoms.